The van der Waals surface area contributed by atoms with E-state index < -0.39 is 12.2 Å². The van der Waals surface area contributed by atoms with Crippen molar-refractivity contribution in [1.82, 2.24) is 0 Å². The number of benzene rings is 2. The fourth-order valence-electron chi connectivity index (χ4n) is 2.16. The van der Waals surface area contributed by atoms with Crippen molar-refractivity contribution >= 4 is 17.4 Å². The zero-order valence-electron chi connectivity index (χ0n) is 13.5. The summed E-state index contributed by atoms with van der Waals surface area (Å²) in [6, 6.07) is 12.6. The summed E-state index contributed by atoms with van der Waals surface area (Å²) in [6.07, 6.45) is -0.967. The van der Waals surface area contributed by atoms with Gasteiger partial charge in [0.15, 0.2) is 6.23 Å². The van der Waals surface area contributed by atoms with Crippen molar-refractivity contribution < 1.29 is 24.2 Å². The molecule has 0 bridgehead atoms. The van der Waals surface area contributed by atoms with E-state index in [9.17, 15) is 14.7 Å². The monoisotopic (exact) mass is 329 g/mol. The maximum Gasteiger partial charge on any atom is 0.339 e. The van der Waals surface area contributed by atoms with E-state index in [-0.39, 0.29) is 11.5 Å². The smallest absolute Gasteiger partial charge is 0.339 e. The van der Waals surface area contributed by atoms with Crippen LogP contribution >= 0.6 is 0 Å². The minimum Gasteiger partial charge on any atom is -0.508 e. The molecule has 0 aliphatic rings. The molecule has 0 saturated heterocycles. The van der Waals surface area contributed by atoms with E-state index in [1.165, 1.54) is 31.4 Å². The van der Waals surface area contributed by atoms with E-state index in [0.29, 0.717) is 23.4 Å². The van der Waals surface area contributed by atoms with Gasteiger partial charge in [-0.1, -0.05) is 12.1 Å². The lowest BCUT2D eigenvalue weighted by Crippen LogP contribution is -2.33. The molecule has 2 rings (SSSR count). The molecule has 0 fully saturated rings. The molecular weight excluding hydrogens is 310 g/mol. The number of Topliss-reactive ketones (excluding diaryl/α,β-unsaturated/α-hetero) is 1. The number of aromatic hydroxyl groups is 1. The Bertz CT molecular complexity index is 712. The number of methoxy groups -OCH3 is 1. The number of hydrogen-bond donors (Lipinski definition) is 2. The lowest BCUT2D eigenvalue weighted by molar-refractivity contribution is 0.0542. The fraction of sp³-hybridized carbons (Fsp3) is 0.222. The number of ketones is 1. The molecule has 0 radical (unpaired) electrons. The van der Waals surface area contributed by atoms with Crippen molar-refractivity contribution in [3.63, 3.8) is 0 Å². The van der Waals surface area contributed by atoms with Crippen molar-refractivity contribution in [3.8, 4) is 5.75 Å². The number of carbonyl (C=O) groups excluding carboxylic acids is 2. The molecule has 0 aliphatic carbocycles. The van der Waals surface area contributed by atoms with E-state index in [0.717, 1.165) is 0 Å². The van der Waals surface area contributed by atoms with Crippen LogP contribution in [0.2, 0.25) is 0 Å². The highest BCUT2D eigenvalue weighted by atomic mass is 16.5. The number of nitrogens with one attached hydrogen (secondary N) is 1. The molecular formula is C18H19NO5. The van der Waals surface area contributed by atoms with E-state index >= 15 is 0 Å². The van der Waals surface area contributed by atoms with Crippen molar-refractivity contribution in [2.75, 3.05) is 19.0 Å². The van der Waals surface area contributed by atoms with Crippen LogP contribution in [0.15, 0.2) is 48.5 Å². The van der Waals surface area contributed by atoms with Crippen LogP contribution in [0.1, 0.15) is 27.6 Å². The molecule has 24 heavy (non-hydrogen) atoms. The van der Waals surface area contributed by atoms with Crippen molar-refractivity contribution in [1.29, 1.82) is 0 Å². The van der Waals surface area contributed by atoms with Gasteiger partial charge in [0.1, 0.15) is 5.75 Å². The zero-order valence-corrected chi connectivity index (χ0v) is 13.5. The summed E-state index contributed by atoms with van der Waals surface area (Å²) in [6.45, 7) is 2.08. The van der Waals surface area contributed by atoms with Gasteiger partial charge in [0, 0.05) is 12.2 Å². The van der Waals surface area contributed by atoms with Gasteiger partial charge in [-0.05, 0) is 43.3 Å². The van der Waals surface area contributed by atoms with Crippen molar-refractivity contribution in [2.45, 2.75) is 13.2 Å². The Morgan fingerprint density at radius 3 is 2.42 bits per heavy atom. The van der Waals surface area contributed by atoms with Gasteiger partial charge in [0.25, 0.3) is 0 Å². The van der Waals surface area contributed by atoms with Gasteiger partial charge in [-0.25, -0.2) is 4.79 Å². The highest BCUT2D eigenvalue weighted by Crippen LogP contribution is 2.19. The number of esters is 1. The van der Waals surface area contributed by atoms with Gasteiger partial charge in [0.2, 0.25) is 5.78 Å². The topological polar surface area (TPSA) is 84.9 Å². The largest absolute Gasteiger partial charge is 0.508 e. The van der Waals surface area contributed by atoms with Gasteiger partial charge in [0.05, 0.1) is 18.4 Å². The summed E-state index contributed by atoms with van der Waals surface area (Å²) in [5.74, 6) is -0.745. The lowest BCUT2D eigenvalue weighted by atomic mass is 10.1. The Hall–Kier alpha value is -2.86. The first kappa shape index (κ1) is 17.5. The number of ether oxygens (including phenoxy) is 2. The van der Waals surface area contributed by atoms with E-state index in [1.807, 2.05) is 0 Å². The van der Waals surface area contributed by atoms with Gasteiger partial charge in [-0.2, -0.15) is 0 Å². The summed E-state index contributed by atoms with van der Waals surface area (Å²) in [7, 11) is 1.29. The van der Waals surface area contributed by atoms with Crippen molar-refractivity contribution in [3.05, 3.63) is 59.7 Å². The number of carbonyl (C=O) groups is 2. The molecule has 6 nitrogen and oxygen atoms in total. The number of phenolic OH excluding ortho intramolecular Hbond substituents is 1. The van der Waals surface area contributed by atoms with Crippen LogP contribution in [-0.4, -0.2) is 36.8 Å². The van der Waals surface area contributed by atoms with E-state index in [1.54, 1.807) is 31.2 Å². The molecule has 2 N–H and O–H groups in total. The molecule has 0 amide bonds. The van der Waals surface area contributed by atoms with Crippen molar-refractivity contribution in [2.24, 2.45) is 0 Å². The molecule has 0 aliphatic heterocycles. The summed E-state index contributed by atoms with van der Waals surface area (Å²) < 4.78 is 10.2. The maximum absolute atomic E-state index is 12.6. The SMILES string of the molecule is CCOC(Nc1ccccc1C(=O)OC)C(=O)c1ccc(O)cc1. The molecule has 2 aromatic rings. The molecule has 126 valence electrons. The van der Waals surface area contributed by atoms with Crippen LogP contribution in [0, 0.1) is 0 Å². The average Bonchev–Trinajstić information content (AvgIpc) is 2.61. The highest BCUT2D eigenvalue weighted by molar-refractivity contribution is 6.02. The Balaban J connectivity index is 2.27. The number of anilines is 1. The second-order valence-corrected chi connectivity index (χ2v) is 4.93. The quantitative estimate of drug-likeness (QED) is 0.461. The van der Waals surface area contributed by atoms with Gasteiger partial charge in [-0.15, -0.1) is 0 Å². The Labute approximate surface area is 140 Å². The lowest BCUT2D eigenvalue weighted by Gasteiger charge is -2.20. The molecule has 0 saturated carbocycles. The Kier molecular flexibility index (Phi) is 5.92. The molecule has 2 aromatic carbocycles. The molecule has 6 heteroatoms. The molecule has 0 aromatic heterocycles. The first-order chi connectivity index (χ1) is 11.6. The summed E-state index contributed by atoms with van der Waals surface area (Å²) in [5.41, 5.74) is 1.13. The van der Waals surface area contributed by atoms with Crippen LogP contribution in [0.5, 0.6) is 5.75 Å². The van der Waals surface area contributed by atoms with Gasteiger partial charge in [-0.3, -0.25) is 4.79 Å². The third kappa shape index (κ3) is 4.11. The second-order valence-electron chi connectivity index (χ2n) is 4.93. The zero-order chi connectivity index (χ0) is 17.5. The standard InChI is InChI=1S/C18H19NO5/c1-3-24-17(16(21)12-8-10-13(20)11-9-12)19-15-7-5-4-6-14(15)18(22)23-2/h4-11,17,19-20H,3H2,1-2H3. The van der Waals surface area contributed by atoms with Crippen LogP contribution < -0.4 is 5.32 Å². The summed E-state index contributed by atoms with van der Waals surface area (Å²) >= 11 is 0. The Morgan fingerprint density at radius 1 is 1.12 bits per heavy atom. The predicted octanol–water partition coefficient (Wildman–Crippen LogP) is 2.84. The third-order valence-electron chi connectivity index (χ3n) is 3.34. The second kappa shape index (κ2) is 8.12. The maximum atomic E-state index is 12.6. The van der Waals surface area contributed by atoms with E-state index in [4.69, 9.17) is 9.47 Å². The molecule has 1 atom stereocenters. The minimum atomic E-state index is -0.967. The minimum absolute atomic E-state index is 0.0727. The molecule has 0 heterocycles. The number of phenols is 1. The predicted molar refractivity (Wildman–Crippen MR) is 89.3 cm³/mol. The summed E-state index contributed by atoms with van der Waals surface area (Å²) in [4.78, 5) is 24.5. The summed E-state index contributed by atoms with van der Waals surface area (Å²) in [5, 5.41) is 12.3. The fourth-order valence-corrected chi connectivity index (χ4v) is 2.16. The number of para-hydroxylation sites is 1. The van der Waals surface area contributed by atoms with Gasteiger partial charge < -0.3 is 19.9 Å². The molecule has 1 unspecified atom stereocenters. The van der Waals surface area contributed by atoms with Crippen LogP contribution in [0.25, 0.3) is 0 Å². The van der Waals surface area contributed by atoms with Crippen LogP contribution in [0.4, 0.5) is 5.69 Å². The van der Waals surface area contributed by atoms with Gasteiger partial charge >= 0.3 is 5.97 Å². The third-order valence-corrected chi connectivity index (χ3v) is 3.34. The average molecular weight is 329 g/mol. The first-order valence-electron chi connectivity index (χ1n) is 7.45. The molecule has 0 spiro atoms. The first-order valence-corrected chi connectivity index (χ1v) is 7.45. The number of hydrogen-bond acceptors (Lipinski definition) is 6. The normalized spacial score (nSPS) is 11.6. The Morgan fingerprint density at radius 2 is 1.79 bits per heavy atom. The van der Waals surface area contributed by atoms with Crippen LogP contribution in [0.3, 0.4) is 0 Å². The van der Waals surface area contributed by atoms with Crippen LogP contribution in [-0.2, 0) is 9.47 Å². The highest BCUT2D eigenvalue weighted by Gasteiger charge is 2.22. The van der Waals surface area contributed by atoms with E-state index in [2.05, 4.69) is 5.32 Å². The number of rotatable bonds is 7.